The van der Waals surface area contributed by atoms with E-state index in [2.05, 4.69) is 4.89 Å². The summed E-state index contributed by atoms with van der Waals surface area (Å²) in [7, 11) is 1.48. The zero-order valence-electron chi connectivity index (χ0n) is 7.51. The topological polar surface area (TPSA) is 58.9 Å². The maximum atomic E-state index is 7.62. The molecule has 0 saturated carbocycles. The van der Waals surface area contributed by atoms with E-state index in [1.54, 1.807) is 0 Å². The van der Waals surface area contributed by atoms with Crippen LogP contribution in [0.3, 0.4) is 0 Å². The first-order valence-electron chi connectivity index (χ1n) is 3.82. The van der Waals surface area contributed by atoms with E-state index in [4.69, 9.17) is 15.1 Å². The lowest BCUT2D eigenvalue weighted by atomic mass is 10.3. The molecule has 0 radical (unpaired) electrons. The number of aliphatic hydroxyl groups is 2. The van der Waals surface area contributed by atoms with Crippen molar-refractivity contribution in [1.29, 1.82) is 0 Å². The Morgan fingerprint density at radius 2 is 1.62 bits per heavy atom. The molecule has 74 valence electrons. The Bertz CT molecular complexity index is 186. The Labute approximate surface area is 77.3 Å². The monoisotopic (exact) mass is 186 g/mol. The molecule has 4 nitrogen and oxygen atoms in total. The van der Waals surface area contributed by atoms with E-state index in [1.165, 1.54) is 7.11 Å². The second-order valence-electron chi connectivity index (χ2n) is 2.01. The Balaban J connectivity index is 0.000000310. The molecular weight excluding hydrogens is 172 g/mol. The molecule has 1 aromatic carbocycles. The van der Waals surface area contributed by atoms with Gasteiger partial charge in [-0.1, -0.05) is 18.2 Å². The van der Waals surface area contributed by atoms with Gasteiger partial charge in [-0.2, -0.15) is 4.89 Å². The van der Waals surface area contributed by atoms with Crippen LogP contribution in [0.15, 0.2) is 30.3 Å². The number of aliphatic hydroxyl groups excluding tert-OH is 2. The first-order chi connectivity index (χ1) is 6.35. The summed E-state index contributed by atoms with van der Waals surface area (Å²) >= 11 is 0. The van der Waals surface area contributed by atoms with Gasteiger partial charge in [-0.3, -0.25) is 0 Å². The van der Waals surface area contributed by atoms with Crippen molar-refractivity contribution in [3.63, 3.8) is 0 Å². The first kappa shape index (κ1) is 11.9. The maximum Gasteiger partial charge on any atom is 0.165 e. The fourth-order valence-corrected chi connectivity index (χ4v) is 0.572. The molecule has 2 N–H and O–H groups in total. The third kappa shape index (κ3) is 7.27. The lowest BCUT2D eigenvalue weighted by Gasteiger charge is -1.96. The van der Waals surface area contributed by atoms with E-state index in [0.717, 1.165) is 5.75 Å². The number of benzene rings is 1. The summed E-state index contributed by atoms with van der Waals surface area (Å²) in [6.07, 6.45) is 0. The molecule has 0 fully saturated rings. The largest absolute Gasteiger partial charge is 0.394 e. The highest BCUT2D eigenvalue weighted by atomic mass is 17.2. The van der Waals surface area contributed by atoms with Crippen LogP contribution in [0.5, 0.6) is 5.75 Å². The lowest BCUT2D eigenvalue weighted by Crippen LogP contribution is -1.88. The van der Waals surface area contributed by atoms with Crippen LogP contribution in [0.2, 0.25) is 0 Å². The molecular formula is C9H14O4. The molecule has 0 aliphatic rings. The molecule has 0 amide bonds. The van der Waals surface area contributed by atoms with Gasteiger partial charge in [0.1, 0.15) is 0 Å². The minimum Gasteiger partial charge on any atom is -0.394 e. The van der Waals surface area contributed by atoms with Crippen LogP contribution in [-0.2, 0) is 4.89 Å². The molecule has 1 aromatic rings. The molecule has 0 heterocycles. The van der Waals surface area contributed by atoms with Gasteiger partial charge in [0.25, 0.3) is 0 Å². The summed E-state index contributed by atoms with van der Waals surface area (Å²) in [4.78, 5) is 9.13. The molecule has 0 unspecified atom stereocenters. The van der Waals surface area contributed by atoms with E-state index in [9.17, 15) is 0 Å². The molecule has 13 heavy (non-hydrogen) atoms. The molecule has 0 atom stereocenters. The predicted octanol–water partition coefficient (Wildman–Crippen LogP) is 0.598. The van der Waals surface area contributed by atoms with Gasteiger partial charge in [0.05, 0.1) is 20.3 Å². The lowest BCUT2D eigenvalue weighted by molar-refractivity contribution is -0.178. The fraction of sp³-hybridized carbons (Fsp3) is 0.333. The third-order valence-corrected chi connectivity index (χ3v) is 1.02. The molecule has 1 rings (SSSR count). The Morgan fingerprint density at radius 3 is 2.00 bits per heavy atom. The first-order valence-corrected chi connectivity index (χ1v) is 3.82. The second-order valence-corrected chi connectivity index (χ2v) is 2.01. The van der Waals surface area contributed by atoms with Crippen molar-refractivity contribution < 1.29 is 20.0 Å². The van der Waals surface area contributed by atoms with Gasteiger partial charge >= 0.3 is 0 Å². The summed E-state index contributed by atoms with van der Waals surface area (Å²) in [5.41, 5.74) is 0. The second kappa shape index (κ2) is 8.99. The zero-order valence-corrected chi connectivity index (χ0v) is 7.51. The van der Waals surface area contributed by atoms with Crippen molar-refractivity contribution in [3.05, 3.63) is 30.3 Å². The third-order valence-electron chi connectivity index (χ3n) is 1.02. The smallest absolute Gasteiger partial charge is 0.165 e. The molecule has 0 aromatic heterocycles. The maximum absolute atomic E-state index is 7.62. The van der Waals surface area contributed by atoms with Crippen LogP contribution < -0.4 is 4.89 Å². The Kier molecular flexibility index (Phi) is 8.23. The van der Waals surface area contributed by atoms with Crippen LogP contribution in [-0.4, -0.2) is 30.5 Å². The van der Waals surface area contributed by atoms with Crippen LogP contribution in [0.25, 0.3) is 0 Å². The highest BCUT2D eigenvalue weighted by Crippen LogP contribution is 2.07. The van der Waals surface area contributed by atoms with Crippen LogP contribution in [0.4, 0.5) is 0 Å². The normalized spacial score (nSPS) is 8.54. The molecule has 0 spiro atoms. The van der Waals surface area contributed by atoms with Gasteiger partial charge in [-0.25, -0.2) is 0 Å². The standard InChI is InChI=1S/C7H8O2.C2H6O2/c1-8-9-7-5-3-2-4-6-7;3-1-2-4/h2-6H,1H3;3-4H,1-2H2. The summed E-state index contributed by atoms with van der Waals surface area (Å²) in [6, 6.07) is 9.33. The molecule has 0 aliphatic heterocycles. The number of hydrogen-bond acceptors (Lipinski definition) is 4. The predicted molar refractivity (Wildman–Crippen MR) is 48.3 cm³/mol. The Hall–Kier alpha value is -1.10. The van der Waals surface area contributed by atoms with E-state index in [1.807, 2.05) is 30.3 Å². The Morgan fingerprint density at radius 1 is 1.08 bits per heavy atom. The average molecular weight is 186 g/mol. The molecule has 0 saturated heterocycles. The van der Waals surface area contributed by atoms with Crippen molar-refractivity contribution in [3.8, 4) is 5.75 Å². The van der Waals surface area contributed by atoms with Gasteiger partial charge < -0.3 is 15.1 Å². The molecule has 4 heteroatoms. The van der Waals surface area contributed by atoms with Gasteiger partial charge in [-0.15, -0.1) is 0 Å². The van der Waals surface area contributed by atoms with Crippen LogP contribution in [0.1, 0.15) is 0 Å². The number of hydrogen-bond donors (Lipinski definition) is 2. The summed E-state index contributed by atoms with van der Waals surface area (Å²) in [5.74, 6) is 0.722. The van der Waals surface area contributed by atoms with Crippen LogP contribution >= 0.6 is 0 Å². The van der Waals surface area contributed by atoms with E-state index in [0.29, 0.717) is 0 Å². The number of rotatable bonds is 3. The average Bonchev–Trinajstić information content (AvgIpc) is 2.20. The zero-order chi connectivity index (χ0) is 9.94. The minimum absolute atomic E-state index is 0.125. The van der Waals surface area contributed by atoms with E-state index >= 15 is 0 Å². The van der Waals surface area contributed by atoms with Crippen molar-refractivity contribution in [2.45, 2.75) is 0 Å². The summed E-state index contributed by atoms with van der Waals surface area (Å²) < 4.78 is 0. The van der Waals surface area contributed by atoms with Crippen molar-refractivity contribution in [2.75, 3.05) is 20.3 Å². The van der Waals surface area contributed by atoms with Crippen molar-refractivity contribution in [1.82, 2.24) is 0 Å². The molecule has 0 aliphatic carbocycles. The van der Waals surface area contributed by atoms with Gasteiger partial charge in [0.15, 0.2) is 5.75 Å². The highest BCUT2D eigenvalue weighted by Gasteiger charge is 1.85. The van der Waals surface area contributed by atoms with Gasteiger partial charge in [-0.05, 0) is 12.1 Å². The number of para-hydroxylation sites is 1. The highest BCUT2D eigenvalue weighted by molar-refractivity contribution is 5.19. The quantitative estimate of drug-likeness (QED) is 0.536. The van der Waals surface area contributed by atoms with Crippen LogP contribution in [0, 0.1) is 0 Å². The van der Waals surface area contributed by atoms with Crippen molar-refractivity contribution >= 4 is 0 Å². The SMILES string of the molecule is COOc1ccccc1.OCCO. The van der Waals surface area contributed by atoms with Gasteiger partial charge in [0, 0.05) is 0 Å². The van der Waals surface area contributed by atoms with E-state index < -0.39 is 0 Å². The van der Waals surface area contributed by atoms with E-state index in [-0.39, 0.29) is 13.2 Å². The fourth-order valence-electron chi connectivity index (χ4n) is 0.572. The van der Waals surface area contributed by atoms with Gasteiger partial charge in [0.2, 0.25) is 0 Å². The summed E-state index contributed by atoms with van der Waals surface area (Å²) in [6.45, 7) is -0.250. The minimum atomic E-state index is -0.125. The summed E-state index contributed by atoms with van der Waals surface area (Å²) in [5, 5.41) is 15.2. The van der Waals surface area contributed by atoms with Crippen molar-refractivity contribution in [2.24, 2.45) is 0 Å². The molecule has 0 bridgehead atoms.